The van der Waals surface area contributed by atoms with E-state index in [0.717, 1.165) is 9.80 Å². The van der Waals surface area contributed by atoms with Crippen molar-refractivity contribution in [3.63, 3.8) is 0 Å². The number of carbonyl (C=O) groups excluding carboxylic acids is 11. The van der Waals surface area contributed by atoms with Crippen molar-refractivity contribution in [2.75, 3.05) is 62.4 Å². The van der Waals surface area contributed by atoms with E-state index in [2.05, 4.69) is 21.3 Å². The molecule has 22 heteroatoms. The van der Waals surface area contributed by atoms with Crippen molar-refractivity contribution in [3.8, 4) is 0 Å². The van der Waals surface area contributed by atoms with Gasteiger partial charge in [-0.3, -0.25) is 52.7 Å². The number of rotatable bonds is 14. The third-order valence-electron chi connectivity index (χ3n) is 15.6. The Balaban J connectivity index is 4.24. The summed E-state index contributed by atoms with van der Waals surface area (Å²) < 4.78 is 0. The van der Waals surface area contributed by atoms with Crippen molar-refractivity contribution in [2.24, 2.45) is 41.4 Å². The Morgan fingerprint density at radius 3 is 1.47 bits per heavy atom. The zero-order chi connectivity index (χ0) is 64.2. The quantitative estimate of drug-likeness (QED) is 0.143. The molecule has 1 aliphatic rings. The van der Waals surface area contributed by atoms with Crippen LogP contribution in [0.25, 0.3) is 0 Å². The molecule has 0 aromatic rings. The van der Waals surface area contributed by atoms with Crippen LogP contribution in [0.4, 0.5) is 0 Å². The summed E-state index contributed by atoms with van der Waals surface area (Å²) in [5.74, 6) is -8.71. The van der Waals surface area contributed by atoms with E-state index in [4.69, 9.17) is 0 Å². The highest BCUT2D eigenvalue weighted by atomic mass is 16.2. The first-order chi connectivity index (χ1) is 38.4. The lowest BCUT2D eigenvalue weighted by Crippen LogP contribution is -2.61. The highest BCUT2D eigenvalue weighted by Gasteiger charge is 2.43. The van der Waals surface area contributed by atoms with Crippen LogP contribution in [0.15, 0.2) is 23.9 Å². The summed E-state index contributed by atoms with van der Waals surface area (Å²) in [5.41, 5.74) is -0.0917. The van der Waals surface area contributed by atoms with Gasteiger partial charge in [-0.05, 0) is 94.3 Å². The topological polar surface area (TPSA) is 259 Å². The number of hydrogen-bond acceptors (Lipinski definition) is 11. The number of likely N-dealkylation sites (N-methyl/N-ethyl adjacent to an activating group) is 7. The second-order valence-electron chi connectivity index (χ2n) is 24.8. The Bertz CT molecular complexity index is 2320. The molecule has 0 aromatic heterocycles. The van der Waals surface area contributed by atoms with E-state index in [-0.39, 0.29) is 61.0 Å². The van der Waals surface area contributed by atoms with E-state index < -0.39 is 138 Å². The van der Waals surface area contributed by atoms with Crippen molar-refractivity contribution >= 4 is 65.0 Å². The Kier molecular flexibility index (Phi) is 31.0. The second-order valence-corrected chi connectivity index (χ2v) is 24.8. The first kappa shape index (κ1) is 74.7. The molecule has 0 aromatic carbocycles. The van der Waals surface area contributed by atoms with Crippen LogP contribution in [-0.4, -0.2) is 210 Å². The molecule has 0 radical (unpaired) electrons. The Morgan fingerprint density at radius 2 is 0.988 bits per heavy atom. The molecule has 0 saturated carbocycles. The number of nitrogens with zero attached hydrogens (tertiary/aromatic N) is 7. The molecule has 1 rings (SSSR count). The predicted molar refractivity (Wildman–Crippen MR) is 322 cm³/mol. The SMILES string of the molecule is C/C=C/C[C@@H](C)/C=C1\C(=O)N[C@@H](CC)C(=O)N(C)CC(=O)N(C)[C@@H](CC(C)C)C(=O)NC(C(C)C)C(=O)N(C)[C@@H](CC(C)C)C(=O)N[C@@H](C)C(=O)N[C@H](C)C(=O)N(C)[C@@H](CC(C)C)C(=O)N(C)[C@@H](C(CC)C(C)C)C(=O)N(C)CC(=O)N1C. The largest absolute Gasteiger partial charge is 0.343 e. The zero-order valence-electron chi connectivity index (χ0n) is 54.7. The van der Waals surface area contributed by atoms with Crippen LogP contribution >= 0.6 is 0 Å². The molecule has 0 bridgehead atoms. The van der Waals surface area contributed by atoms with Gasteiger partial charge in [0, 0.05) is 49.3 Å². The molecule has 22 nitrogen and oxygen atoms in total. The zero-order valence-corrected chi connectivity index (χ0v) is 54.7. The molecule has 0 aliphatic carbocycles. The number of carbonyl (C=O) groups is 11. The van der Waals surface area contributed by atoms with E-state index in [1.54, 1.807) is 26.8 Å². The van der Waals surface area contributed by atoms with Crippen molar-refractivity contribution < 1.29 is 52.7 Å². The van der Waals surface area contributed by atoms with Crippen molar-refractivity contribution in [2.45, 2.75) is 198 Å². The summed E-state index contributed by atoms with van der Waals surface area (Å²) >= 11 is 0. The van der Waals surface area contributed by atoms with Gasteiger partial charge in [0.05, 0.1) is 13.1 Å². The number of hydrogen-bond donors (Lipinski definition) is 4. The molecule has 472 valence electrons. The lowest BCUT2D eigenvalue weighted by atomic mass is 9.84. The molecular formula is C61H107N11O11. The van der Waals surface area contributed by atoms with Crippen LogP contribution in [0.5, 0.6) is 0 Å². The highest BCUT2D eigenvalue weighted by molar-refractivity contribution is 6.02. The Labute approximate surface area is 497 Å². The lowest BCUT2D eigenvalue weighted by Gasteiger charge is -2.41. The molecule has 4 N–H and O–H groups in total. The van der Waals surface area contributed by atoms with E-state index in [9.17, 15) is 52.7 Å². The van der Waals surface area contributed by atoms with Crippen molar-refractivity contribution in [1.82, 2.24) is 55.6 Å². The van der Waals surface area contributed by atoms with Gasteiger partial charge in [-0.2, -0.15) is 0 Å². The maximum absolute atomic E-state index is 15.0. The minimum atomic E-state index is -1.21. The summed E-state index contributed by atoms with van der Waals surface area (Å²) in [5, 5.41) is 11.0. The first-order valence-electron chi connectivity index (χ1n) is 29.8. The second kappa shape index (κ2) is 34.4. The van der Waals surface area contributed by atoms with Gasteiger partial charge in [-0.1, -0.05) is 115 Å². The monoisotopic (exact) mass is 1170 g/mol. The van der Waals surface area contributed by atoms with E-state index in [1.165, 1.54) is 87.7 Å². The van der Waals surface area contributed by atoms with Gasteiger partial charge >= 0.3 is 0 Å². The molecule has 11 amide bonds. The van der Waals surface area contributed by atoms with Gasteiger partial charge in [-0.25, -0.2) is 0 Å². The summed E-state index contributed by atoms with van der Waals surface area (Å²) in [7, 11) is 10.1. The minimum Gasteiger partial charge on any atom is -0.343 e. The minimum absolute atomic E-state index is 0.0868. The van der Waals surface area contributed by atoms with Crippen LogP contribution in [0.2, 0.25) is 0 Å². The number of allylic oxidation sites excluding steroid dienone is 3. The summed E-state index contributed by atoms with van der Waals surface area (Å²) in [6.45, 7) is 27.7. The molecule has 10 atom stereocenters. The third-order valence-corrected chi connectivity index (χ3v) is 15.6. The van der Waals surface area contributed by atoms with Crippen LogP contribution < -0.4 is 21.3 Å². The van der Waals surface area contributed by atoms with Gasteiger partial charge in [-0.15, -0.1) is 0 Å². The fraction of sp³-hybridized carbons (Fsp3) is 0.754. The maximum Gasteiger partial charge on any atom is 0.268 e. The fourth-order valence-electron chi connectivity index (χ4n) is 10.3. The molecule has 1 fully saturated rings. The standard InChI is InChI=1S/C61H107N11O11/c1-24-27-28-40(14)32-47-55(77)64-44(26-3)58(80)66(17)33-49(73)68(19)45(29-35(4)5)56(78)65-51(39(12)13)60(82)70(21)46(30-36(6)7)54(76)62-41(15)53(75)63-42(16)57(79)71(22)48(31-37(8)9)59(81)72(23)52(43(25-2)38(10)11)61(83)67(18)34-50(74)69(47)20/h24,27,32,35-46,48,51-52H,25-26,28-31,33-34H2,1-23H3,(H,62,76)(H,63,75)(H,64,77)(H,65,78)/b27-24+,47-32+/t40-,41+,42-,43?,44+,45+,46+,48+,51?,52+/m1/s1. The van der Waals surface area contributed by atoms with Crippen molar-refractivity contribution in [1.29, 1.82) is 0 Å². The normalized spacial score (nSPS) is 25.9. The maximum atomic E-state index is 15.0. The smallest absolute Gasteiger partial charge is 0.268 e. The molecule has 1 heterocycles. The van der Waals surface area contributed by atoms with E-state index >= 15 is 0 Å². The van der Waals surface area contributed by atoms with E-state index in [0.29, 0.717) is 12.8 Å². The van der Waals surface area contributed by atoms with Crippen LogP contribution in [-0.2, 0) is 52.7 Å². The van der Waals surface area contributed by atoms with Gasteiger partial charge in [0.15, 0.2) is 0 Å². The number of amides is 11. The van der Waals surface area contributed by atoms with E-state index in [1.807, 2.05) is 88.3 Å². The predicted octanol–water partition coefficient (Wildman–Crippen LogP) is 4.03. The third kappa shape index (κ3) is 21.7. The van der Waals surface area contributed by atoms with Crippen LogP contribution in [0.1, 0.15) is 149 Å². The van der Waals surface area contributed by atoms with Crippen LogP contribution in [0, 0.1) is 41.4 Å². The van der Waals surface area contributed by atoms with Gasteiger partial charge in [0.1, 0.15) is 54.0 Å². The number of nitrogens with one attached hydrogen (secondary N) is 4. The Morgan fingerprint density at radius 1 is 0.518 bits per heavy atom. The van der Waals surface area contributed by atoms with Gasteiger partial charge < -0.3 is 55.6 Å². The summed E-state index contributed by atoms with van der Waals surface area (Å²) in [6, 6.07) is -9.21. The molecule has 0 spiro atoms. The molecule has 2 unspecified atom stereocenters. The Hall–Kier alpha value is -6.35. The molecule has 1 saturated heterocycles. The summed E-state index contributed by atoms with van der Waals surface area (Å²) in [4.78, 5) is 167. The molecule has 83 heavy (non-hydrogen) atoms. The average molecular weight is 1170 g/mol. The van der Waals surface area contributed by atoms with Gasteiger partial charge in [0.2, 0.25) is 59.1 Å². The first-order valence-corrected chi connectivity index (χ1v) is 29.8. The fourth-order valence-corrected chi connectivity index (χ4v) is 10.3. The lowest BCUT2D eigenvalue weighted by molar-refractivity contribution is -0.154. The van der Waals surface area contributed by atoms with Gasteiger partial charge in [0.25, 0.3) is 5.91 Å². The molecule has 1 aliphatic heterocycles. The van der Waals surface area contributed by atoms with Crippen LogP contribution in [0.3, 0.4) is 0 Å². The highest BCUT2D eigenvalue weighted by Crippen LogP contribution is 2.27. The summed E-state index contributed by atoms with van der Waals surface area (Å²) in [6.07, 6.45) is 6.95. The van der Waals surface area contributed by atoms with Crippen molar-refractivity contribution in [3.05, 3.63) is 23.9 Å². The average Bonchev–Trinajstić information content (AvgIpc) is 3.40. The molecular weight excluding hydrogens is 1060 g/mol.